The van der Waals surface area contributed by atoms with E-state index < -0.39 is 0 Å². The van der Waals surface area contributed by atoms with E-state index in [9.17, 15) is 0 Å². The Morgan fingerprint density at radius 1 is 0.333 bits per heavy atom. The first kappa shape index (κ1) is 28.0. The second kappa shape index (κ2) is 10.8. The fourth-order valence-electron chi connectivity index (χ4n) is 8.01. The molecule has 0 aliphatic heterocycles. The monoisotopic (exact) mass is 651 g/mol. The molecule has 0 spiro atoms. The van der Waals surface area contributed by atoms with E-state index in [-0.39, 0.29) is 0 Å². The summed E-state index contributed by atoms with van der Waals surface area (Å²) in [6.45, 7) is 0. The van der Waals surface area contributed by atoms with Crippen molar-refractivity contribution in [2.75, 3.05) is 4.90 Å². The number of rotatable bonds is 4. The smallest absolute Gasteiger partial charge is 0.159 e. The highest BCUT2D eigenvalue weighted by molar-refractivity contribution is 6.18. The highest BCUT2D eigenvalue weighted by Gasteiger charge is 2.21. The van der Waals surface area contributed by atoms with Gasteiger partial charge in [0.1, 0.15) is 16.7 Å². The summed E-state index contributed by atoms with van der Waals surface area (Å²) >= 11 is 0. The van der Waals surface area contributed by atoms with Crippen LogP contribution in [0.4, 0.5) is 17.1 Å². The van der Waals surface area contributed by atoms with Gasteiger partial charge in [-0.2, -0.15) is 0 Å². The van der Waals surface area contributed by atoms with Gasteiger partial charge in [0.05, 0.1) is 5.69 Å². The van der Waals surface area contributed by atoms with Gasteiger partial charge in [0.2, 0.25) is 0 Å². The van der Waals surface area contributed by atoms with Crippen LogP contribution in [0.3, 0.4) is 0 Å². The van der Waals surface area contributed by atoms with Crippen molar-refractivity contribution in [1.82, 2.24) is 0 Å². The summed E-state index contributed by atoms with van der Waals surface area (Å²) in [6.07, 6.45) is 0. The topological polar surface area (TPSA) is 29.5 Å². The maximum Gasteiger partial charge on any atom is 0.159 e. The van der Waals surface area contributed by atoms with Gasteiger partial charge in [-0.1, -0.05) is 133 Å². The van der Waals surface area contributed by atoms with Crippen molar-refractivity contribution in [3.63, 3.8) is 0 Å². The molecule has 0 saturated carbocycles. The SMILES string of the molecule is c1ccc2c(c1)ccc1ccc(N(c3ccc(-c4cccc5c4oc4ccccc45)cc3)c3cccc4c3oc3c5ccccc5ccc43)cc12. The zero-order valence-electron chi connectivity index (χ0n) is 27.5. The van der Waals surface area contributed by atoms with Gasteiger partial charge in [-0.3, -0.25) is 0 Å². The maximum atomic E-state index is 6.89. The van der Waals surface area contributed by atoms with Crippen LogP contribution in [-0.4, -0.2) is 0 Å². The Hall–Kier alpha value is -6.84. The molecule has 0 bridgehead atoms. The van der Waals surface area contributed by atoms with Crippen LogP contribution < -0.4 is 4.90 Å². The van der Waals surface area contributed by atoms with Gasteiger partial charge in [0.25, 0.3) is 0 Å². The summed E-state index contributed by atoms with van der Waals surface area (Å²) in [7, 11) is 0. The van der Waals surface area contributed by atoms with Crippen LogP contribution in [0.5, 0.6) is 0 Å². The average molecular weight is 652 g/mol. The highest BCUT2D eigenvalue weighted by Crippen LogP contribution is 2.45. The number of hydrogen-bond donors (Lipinski definition) is 0. The zero-order valence-corrected chi connectivity index (χ0v) is 27.5. The van der Waals surface area contributed by atoms with Crippen LogP contribution in [-0.2, 0) is 0 Å². The van der Waals surface area contributed by atoms with E-state index in [1.54, 1.807) is 0 Å². The average Bonchev–Trinajstić information content (AvgIpc) is 3.78. The lowest BCUT2D eigenvalue weighted by Crippen LogP contribution is -2.10. The minimum Gasteiger partial charge on any atom is -0.455 e. The molecule has 51 heavy (non-hydrogen) atoms. The molecule has 0 radical (unpaired) electrons. The molecule has 0 fully saturated rings. The number of benzene rings is 9. The minimum atomic E-state index is 0.859. The van der Waals surface area contributed by atoms with Crippen molar-refractivity contribution in [2.24, 2.45) is 0 Å². The number of furan rings is 2. The standard InChI is InChI=1S/C48H29NO2/c1-3-11-36-30(9-1)19-20-33-23-27-35(29-43(33)36)49(44-17-8-16-41-42-28-24-31-10-2-4-12-37(31)47(42)51-48(41)44)34-25-21-32(22-26-34)38-14-7-15-40-39-13-5-6-18-45(39)50-46(38)40/h1-29H. The van der Waals surface area contributed by atoms with Gasteiger partial charge in [0, 0.05) is 43.9 Å². The third-order valence-corrected chi connectivity index (χ3v) is 10.4. The van der Waals surface area contributed by atoms with Crippen LogP contribution >= 0.6 is 0 Å². The maximum absolute atomic E-state index is 6.89. The molecule has 2 heterocycles. The molecule has 0 saturated heterocycles. The van der Waals surface area contributed by atoms with E-state index in [1.807, 2.05) is 12.1 Å². The Morgan fingerprint density at radius 2 is 0.922 bits per heavy atom. The molecule has 0 amide bonds. The third kappa shape index (κ3) is 4.25. The summed E-state index contributed by atoms with van der Waals surface area (Å²) in [4.78, 5) is 2.33. The summed E-state index contributed by atoms with van der Waals surface area (Å²) in [5.74, 6) is 0. The Balaban J connectivity index is 1.14. The van der Waals surface area contributed by atoms with Crippen LogP contribution in [0, 0.1) is 0 Å². The number of hydrogen-bond acceptors (Lipinski definition) is 3. The largest absolute Gasteiger partial charge is 0.455 e. The lowest BCUT2D eigenvalue weighted by molar-refractivity contribution is 0.670. The second-order valence-corrected chi connectivity index (χ2v) is 13.3. The van der Waals surface area contributed by atoms with Crippen molar-refractivity contribution < 1.29 is 8.83 Å². The van der Waals surface area contributed by atoms with Gasteiger partial charge in [0.15, 0.2) is 5.58 Å². The Kier molecular flexibility index (Phi) is 5.96. The molecule has 0 aliphatic carbocycles. The van der Waals surface area contributed by atoms with E-state index in [0.717, 1.165) is 77.5 Å². The molecule has 11 aromatic rings. The fourth-order valence-corrected chi connectivity index (χ4v) is 8.01. The first-order valence-corrected chi connectivity index (χ1v) is 17.3. The number of para-hydroxylation sites is 3. The fraction of sp³-hybridized carbons (Fsp3) is 0. The number of anilines is 3. The molecule has 3 nitrogen and oxygen atoms in total. The molecule has 9 aromatic carbocycles. The van der Waals surface area contributed by atoms with Crippen molar-refractivity contribution in [2.45, 2.75) is 0 Å². The van der Waals surface area contributed by atoms with Gasteiger partial charge >= 0.3 is 0 Å². The first-order chi connectivity index (χ1) is 25.3. The van der Waals surface area contributed by atoms with Gasteiger partial charge in [-0.25, -0.2) is 0 Å². The molecule has 11 rings (SSSR count). The van der Waals surface area contributed by atoms with E-state index in [0.29, 0.717) is 0 Å². The van der Waals surface area contributed by atoms with Crippen molar-refractivity contribution in [3.8, 4) is 11.1 Å². The molecular weight excluding hydrogens is 623 g/mol. The summed E-state index contributed by atoms with van der Waals surface area (Å²) in [5.41, 5.74) is 8.83. The molecule has 3 heteroatoms. The van der Waals surface area contributed by atoms with Crippen molar-refractivity contribution >= 4 is 93.3 Å². The summed E-state index contributed by atoms with van der Waals surface area (Å²) in [5, 5.41) is 11.6. The summed E-state index contributed by atoms with van der Waals surface area (Å²) < 4.78 is 13.3. The first-order valence-electron chi connectivity index (χ1n) is 17.3. The van der Waals surface area contributed by atoms with Crippen LogP contribution in [0.2, 0.25) is 0 Å². The summed E-state index contributed by atoms with van der Waals surface area (Å²) in [6, 6.07) is 62.6. The van der Waals surface area contributed by atoms with E-state index in [2.05, 4.69) is 169 Å². The normalized spacial score (nSPS) is 11.9. The predicted octanol–water partition coefficient (Wildman–Crippen LogP) is 14.1. The Labute approximate surface area is 293 Å². The van der Waals surface area contributed by atoms with Crippen molar-refractivity contribution in [3.05, 3.63) is 176 Å². The molecule has 0 aliphatic rings. The molecule has 238 valence electrons. The van der Waals surface area contributed by atoms with Crippen molar-refractivity contribution in [1.29, 1.82) is 0 Å². The Bertz CT molecular complexity index is 3150. The zero-order chi connectivity index (χ0) is 33.5. The molecular formula is C48H29NO2. The van der Waals surface area contributed by atoms with Crippen LogP contribution in [0.15, 0.2) is 185 Å². The number of nitrogens with zero attached hydrogens (tertiary/aromatic N) is 1. The van der Waals surface area contributed by atoms with E-state index in [1.165, 1.54) is 26.9 Å². The van der Waals surface area contributed by atoms with Crippen LogP contribution in [0.25, 0.3) is 87.3 Å². The third-order valence-electron chi connectivity index (χ3n) is 10.4. The van der Waals surface area contributed by atoms with Gasteiger partial charge < -0.3 is 13.7 Å². The van der Waals surface area contributed by atoms with Gasteiger partial charge in [-0.05, 0) is 75.0 Å². The lowest BCUT2D eigenvalue weighted by Gasteiger charge is -2.26. The molecule has 0 atom stereocenters. The number of fused-ring (bicyclic) bond motifs is 11. The molecule has 0 N–H and O–H groups in total. The van der Waals surface area contributed by atoms with Crippen LogP contribution in [0.1, 0.15) is 0 Å². The minimum absolute atomic E-state index is 0.859. The quantitative estimate of drug-likeness (QED) is 0.177. The molecule has 2 aromatic heterocycles. The Morgan fingerprint density at radius 3 is 1.76 bits per heavy atom. The highest BCUT2D eigenvalue weighted by atomic mass is 16.3. The molecule has 0 unspecified atom stereocenters. The van der Waals surface area contributed by atoms with Gasteiger partial charge in [-0.15, -0.1) is 0 Å². The second-order valence-electron chi connectivity index (χ2n) is 13.3. The predicted molar refractivity (Wildman–Crippen MR) is 214 cm³/mol. The lowest BCUT2D eigenvalue weighted by atomic mass is 10.00. The van der Waals surface area contributed by atoms with E-state index in [4.69, 9.17) is 8.83 Å². The van der Waals surface area contributed by atoms with E-state index >= 15 is 0 Å².